The maximum absolute atomic E-state index is 5.81. The highest BCUT2D eigenvalue weighted by atomic mass is 14.9. The third kappa shape index (κ3) is 39.2. The fourth-order valence-corrected chi connectivity index (χ4v) is 17.5. The molecule has 4 aromatic carbocycles. The van der Waals surface area contributed by atoms with Crippen molar-refractivity contribution < 1.29 is 0 Å². The first kappa shape index (κ1) is 100. The van der Waals surface area contributed by atoms with Gasteiger partial charge in [0.25, 0.3) is 0 Å². The summed E-state index contributed by atoms with van der Waals surface area (Å²) in [6.07, 6.45) is 78.3. The Labute approximate surface area is 733 Å². The molecule has 660 valence electrons. The number of fused-ring (bicyclic) bond motifs is 18. The summed E-state index contributed by atoms with van der Waals surface area (Å²) >= 11 is 0. The van der Waals surface area contributed by atoms with Crippen LogP contribution in [0, 0.1) is 0 Å². The van der Waals surface area contributed by atoms with Crippen LogP contribution in [0.1, 0.15) is 458 Å². The molecule has 8 rings (SSSR count). The van der Waals surface area contributed by atoms with Gasteiger partial charge in [-0.3, -0.25) is 59.9 Å². The first-order chi connectivity index (χ1) is 59.0. The summed E-state index contributed by atoms with van der Waals surface area (Å²) in [5, 5.41) is 0. The van der Waals surface area contributed by atoms with Crippen LogP contribution in [0.15, 0.2) is 133 Å². The molecule has 12 heteroatoms. The lowest BCUT2D eigenvalue weighted by atomic mass is 9.96. The Morgan fingerprint density at radius 3 is 0.267 bits per heavy atom. The molecular formula is C108H168N12. The summed E-state index contributed by atoms with van der Waals surface area (Å²) in [4.78, 5) is 69.7. The van der Waals surface area contributed by atoms with Crippen LogP contribution in [-0.4, -0.2) is 147 Å². The Hall–Kier alpha value is -7.08. The number of nitrogens with zero attached hydrogens (tertiary/aromatic N) is 12. The molecule has 4 aromatic rings. The Balaban J connectivity index is 1.73. The molecule has 12 bridgehead atoms. The maximum atomic E-state index is 5.81. The van der Waals surface area contributed by atoms with Crippen LogP contribution < -0.4 is 0 Å². The van der Waals surface area contributed by atoms with Crippen molar-refractivity contribution in [2.45, 2.75) is 464 Å². The van der Waals surface area contributed by atoms with E-state index >= 15 is 0 Å². The van der Waals surface area contributed by atoms with Crippen LogP contribution >= 0.6 is 0 Å². The average molecular weight is 1630 g/mol. The number of hydrogen-bond acceptors (Lipinski definition) is 12. The molecule has 12 atom stereocenters. The minimum Gasteiger partial charge on any atom is -0.287 e. The van der Waals surface area contributed by atoms with Gasteiger partial charge in [0.05, 0.1) is 72.5 Å². The molecule has 4 heterocycles. The van der Waals surface area contributed by atoms with Gasteiger partial charge in [-0.15, -0.1) is 0 Å². The van der Waals surface area contributed by atoms with E-state index in [0.29, 0.717) is 0 Å². The van der Waals surface area contributed by atoms with E-state index in [-0.39, 0.29) is 72.5 Å². The second-order valence-corrected chi connectivity index (χ2v) is 35.8. The number of benzene rings is 4. The van der Waals surface area contributed by atoms with Gasteiger partial charge in [-0.05, 0) is 217 Å². The molecule has 0 unspecified atom stereocenters. The zero-order valence-corrected chi connectivity index (χ0v) is 78.1. The maximum Gasteiger partial charge on any atom is 0.0723 e. The molecule has 0 amide bonds. The van der Waals surface area contributed by atoms with Crippen molar-refractivity contribution in [1.29, 1.82) is 0 Å². The van der Waals surface area contributed by atoms with E-state index in [1.807, 2.05) is 0 Å². The first-order valence-electron chi connectivity index (χ1n) is 50.0. The normalized spacial score (nSPS) is 21.7. The van der Waals surface area contributed by atoms with E-state index in [9.17, 15) is 0 Å². The zero-order chi connectivity index (χ0) is 85.3. The van der Waals surface area contributed by atoms with Gasteiger partial charge < -0.3 is 0 Å². The molecule has 0 saturated carbocycles. The molecule has 0 aliphatic carbocycles. The van der Waals surface area contributed by atoms with Crippen LogP contribution in [0.4, 0.5) is 0 Å². The summed E-state index contributed by atoms with van der Waals surface area (Å²) in [6.45, 7) is 27.8. The lowest BCUT2D eigenvalue weighted by molar-refractivity contribution is 0.443. The molecule has 0 radical (unpaired) electrons. The summed E-state index contributed by atoms with van der Waals surface area (Å²) in [5.74, 6) is 0. The first-order valence-corrected chi connectivity index (χ1v) is 50.0. The Morgan fingerprint density at radius 1 is 0.125 bits per heavy atom. The van der Waals surface area contributed by atoms with Gasteiger partial charge in [-0.2, -0.15) is 0 Å². The molecule has 4 aliphatic heterocycles. The Bertz CT molecular complexity index is 2870. The molecule has 12 nitrogen and oxygen atoms in total. The van der Waals surface area contributed by atoms with Crippen molar-refractivity contribution in [3.8, 4) is 0 Å². The highest BCUT2D eigenvalue weighted by Crippen LogP contribution is 2.29. The number of aliphatic imine (C=N–C) groups is 12. The Kier molecular flexibility index (Phi) is 51.8. The second-order valence-electron chi connectivity index (χ2n) is 35.8. The average Bonchev–Trinajstić information content (AvgIpc) is 0.918. The molecule has 120 heavy (non-hydrogen) atoms. The molecule has 0 N–H and O–H groups in total. The van der Waals surface area contributed by atoms with Crippen molar-refractivity contribution in [3.05, 3.63) is 140 Å². The van der Waals surface area contributed by atoms with Gasteiger partial charge in [0, 0.05) is 74.6 Å². The topological polar surface area (TPSA) is 148 Å². The minimum atomic E-state index is -0.0352. The van der Waals surface area contributed by atoms with Crippen molar-refractivity contribution in [2.75, 3.05) is 0 Å². The van der Waals surface area contributed by atoms with Gasteiger partial charge in [-0.1, -0.05) is 314 Å². The highest BCUT2D eigenvalue weighted by molar-refractivity contribution is 5.96. The molecule has 0 fully saturated rings. The van der Waals surface area contributed by atoms with Crippen molar-refractivity contribution in [3.63, 3.8) is 0 Å². The lowest BCUT2D eigenvalue weighted by Gasteiger charge is -2.22. The quantitative estimate of drug-likeness (QED) is 0.0387. The predicted octanol–water partition coefficient (Wildman–Crippen LogP) is 29.2. The molecular weight excluding hydrogens is 1470 g/mol. The fraction of sp³-hybridized carbons (Fsp3) is 0.667. The van der Waals surface area contributed by atoms with Gasteiger partial charge in [0.2, 0.25) is 0 Å². The van der Waals surface area contributed by atoms with Crippen molar-refractivity contribution >= 4 is 74.6 Å². The van der Waals surface area contributed by atoms with E-state index in [0.717, 1.165) is 375 Å². The van der Waals surface area contributed by atoms with Crippen LogP contribution in [0.3, 0.4) is 0 Å². The standard InChI is InChI=1S/C108H168N12/c1-13-25-37-49-97-98(50-38-26-14-2)110-74-86-63-89-66-90(64-86)78-114-104(56-44-32-20-8)106(58-46-34-22-10)118-82-94-68-92-70-96(72-94)84-120-108(60-48-36-24-12)107(59-47-35-23-11)119-83-95-69-91(67-93(71-95)81-117-105(57-45-33-21-9)103(113-77-89)55-43-31-19-7)79-115-101(53-41-29-17-5)99(51-39-27-15-3)111-75-87-61-85(73-109-97)62-88(65-87)76-112-100(52-40-28-16-4)102(116-80-92)54-42-30-18-6/h61-84,97-108H,13-60H2,1-12H3/t97-,98-,99-,100-,101-,102-,103-,104-,105-,106-,107-,108-/m0/s1. The van der Waals surface area contributed by atoms with Gasteiger partial charge in [0.15, 0.2) is 0 Å². The van der Waals surface area contributed by atoms with E-state index < -0.39 is 0 Å². The van der Waals surface area contributed by atoms with Crippen LogP contribution in [-0.2, 0) is 0 Å². The highest BCUT2D eigenvalue weighted by Gasteiger charge is 2.27. The summed E-state index contributed by atoms with van der Waals surface area (Å²) in [5.41, 5.74) is 12.6. The van der Waals surface area contributed by atoms with E-state index in [2.05, 4.69) is 230 Å². The van der Waals surface area contributed by atoms with Gasteiger partial charge in [-0.25, -0.2) is 0 Å². The molecule has 0 spiro atoms. The van der Waals surface area contributed by atoms with Crippen molar-refractivity contribution in [2.24, 2.45) is 59.9 Å². The van der Waals surface area contributed by atoms with Gasteiger partial charge >= 0.3 is 0 Å². The second kappa shape index (κ2) is 62.1. The predicted molar refractivity (Wildman–Crippen MR) is 532 cm³/mol. The largest absolute Gasteiger partial charge is 0.287 e. The monoisotopic (exact) mass is 1630 g/mol. The zero-order valence-electron chi connectivity index (χ0n) is 78.1. The van der Waals surface area contributed by atoms with E-state index in [4.69, 9.17) is 59.9 Å². The third-order valence-corrected chi connectivity index (χ3v) is 24.9. The SMILES string of the molecule is CCCCC[C@@H]1N=Cc2cc3cc(c2)C=N[C@@H](CCCCC)[C@H](CCCCC)N=Cc2cc4cc(c2)C=N[C@@H](CCCCC)[C@H](CCCCC)N=Cc2cc(cc(c2)C=N[C@@H](CCCCC)[C@H](CCCCC)N=Cc2cc(cc(c2)C=N[C@@H](CCCCC)[C@H](CCCCC)N=C4)C=N[C@H]1CCCCC)C=N[C@@H](CCCCC)[C@H](CCCCC)N=C3. The van der Waals surface area contributed by atoms with E-state index in [1.165, 1.54) is 0 Å². The minimum absolute atomic E-state index is 0.0352. The Morgan fingerprint density at radius 2 is 0.200 bits per heavy atom. The van der Waals surface area contributed by atoms with E-state index in [1.54, 1.807) is 0 Å². The van der Waals surface area contributed by atoms with Crippen LogP contribution in [0.5, 0.6) is 0 Å². The molecule has 4 aliphatic rings. The van der Waals surface area contributed by atoms with Crippen LogP contribution in [0.25, 0.3) is 0 Å². The number of unbranched alkanes of at least 4 members (excludes halogenated alkanes) is 24. The number of rotatable bonds is 48. The van der Waals surface area contributed by atoms with Crippen LogP contribution in [0.2, 0.25) is 0 Å². The third-order valence-electron chi connectivity index (χ3n) is 24.9. The summed E-state index contributed by atoms with van der Waals surface area (Å²) in [7, 11) is 0. The lowest BCUT2D eigenvalue weighted by Crippen LogP contribution is -2.24. The summed E-state index contributed by atoms with van der Waals surface area (Å²) < 4.78 is 0. The molecule has 0 aromatic heterocycles. The smallest absolute Gasteiger partial charge is 0.0723 e. The summed E-state index contributed by atoms with van der Waals surface area (Å²) in [6, 6.07) is 27.5. The van der Waals surface area contributed by atoms with Crippen molar-refractivity contribution in [1.82, 2.24) is 0 Å². The van der Waals surface area contributed by atoms with Gasteiger partial charge in [0.1, 0.15) is 0 Å². The number of hydrogen-bond donors (Lipinski definition) is 0. The molecule has 0 saturated heterocycles. The fourth-order valence-electron chi connectivity index (χ4n) is 17.5.